The Labute approximate surface area is 125 Å². The zero-order valence-electron chi connectivity index (χ0n) is 8.12. The van der Waals surface area contributed by atoms with Crippen molar-refractivity contribution in [2.75, 3.05) is 11.9 Å². The third kappa shape index (κ3) is 2.58. The summed E-state index contributed by atoms with van der Waals surface area (Å²) in [5.74, 6) is -0.912. The Balaban J connectivity index is 0.000000980. The van der Waals surface area contributed by atoms with Gasteiger partial charge in [-0.3, -0.25) is 0 Å². The van der Waals surface area contributed by atoms with Crippen molar-refractivity contribution in [2.45, 2.75) is 12.3 Å². The number of aliphatic carboxylic acids is 1. The first kappa shape index (κ1) is 12.2. The molecule has 1 aliphatic heterocycles. The Morgan fingerprint density at radius 3 is 2.93 bits per heavy atom. The number of carbonyl (C=O) groups excluding carboxylic acids is 1. The monoisotopic (exact) mass is 215 g/mol. The molecule has 1 aromatic carbocycles. The van der Waals surface area contributed by atoms with Gasteiger partial charge in [-0.05, 0) is 18.1 Å². The van der Waals surface area contributed by atoms with Crippen molar-refractivity contribution in [3.05, 3.63) is 29.8 Å². The van der Waals surface area contributed by atoms with E-state index < -0.39 is 5.97 Å². The SMILES string of the molecule is O=C([O-])CC1CNc2ccccc21.[K+]. The van der Waals surface area contributed by atoms with Crippen LogP contribution in [0.4, 0.5) is 5.69 Å². The molecule has 1 unspecified atom stereocenters. The molecular weight excluding hydrogens is 205 g/mol. The molecule has 0 amide bonds. The molecule has 1 N–H and O–H groups in total. The van der Waals surface area contributed by atoms with Gasteiger partial charge in [0.2, 0.25) is 0 Å². The van der Waals surface area contributed by atoms with E-state index in [4.69, 9.17) is 0 Å². The molecule has 1 heterocycles. The normalized spacial score (nSPS) is 17.9. The fourth-order valence-electron chi connectivity index (χ4n) is 1.74. The van der Waals surface area contributed by atoms with Crippen LogP contribution in [0.5, 0.6) is 0 Å². The van der Waals surface area contributed by atoms with Crippen LogP contribution < -0.4 is 61.8 Å². The van der Waals surface area contributed by atoms with Crippen molar-refractivity contribution < 1.29 is 61.3 Å². The van der Waals surface area contributed by atoms with Crippen molar-refractivity contribution in [3.8, 4) is 0 Å². The Hall–Kier alpha value is 0.126. The van der Waals surface area contributed by atoms with Gasteiger partial charge in [0.15, 0.2) is 0 Å². The zero-order chi connectivity index (χ0) is 9.26. The van der Waals surface area contributed by atoms with Gasteiger partial charge in [-0.1, -0.05) is 18.2 Å². The minimum absolute atomic E-state index is 0. The van der Waals surface area contributed by atoms with E-state index in [9.17, 15) is 9.90 Å². The van der Waals surface area contributed by atoms with E-state index in [0.29, 0.717) is 6.54 Å². The van der Waals surface area contributed by atoms with Crippen LogP contribution in [0.15, 0.2) is 24.3 Å². The summed E-state index contributed by atoms with van der Waals surface area (Å²) in [5.41, 5.74) is 2.14. The van der Waals surface area contributed by atoms with Crippen LogP contribution in [0.25, 0.3) is 0 Å². The van der Waals surface area contributed by atoms with Crippen LogP contribution in [0, 0.1) is 0 Å². The number of carboxylic acid groups (broad SMARTS) is 1. The first-order valence-corrected chi connectivity index (χ1v) is 4.30. The van der Waals surface area contributed by atoms with Gasteiger partial charge < -0.3 is 15.2 Å². The van der Waals surface area contributed by atoms with Gasteiger partial charge in [-0.25, -0.2) is 0 Å². The van der Waals surface area contributed by atoms with E-state index in [2.05, 4.69) is 5.32 Å². The summed E-state index contributed by atoms with van der Waals surface area (Å²) in [6.45, 7) is 0.702. The first-order chi connectivity index (χ1) is 6.27. The maximum atomic E-state index is 10.4. The third-order valence-corrected chi connectivity index (χ3v) is 2.35. The predicted molar refractivity (Wildman–Crippen MR) is 47.3 cm³/mol. The van der Waals surface area contributed by atoms with Crippen LogP contribution >= 0.6 is 0 Å². The number of nitrogens with one attached hydrogen (secondary N) is 1. The molecule has 1 atom stereocenters. The first-order valence-electron chi connectivity index (χ1n) is 4.30. The topological polar surface area (TPSA) is 52.2 Å². The van der Waals surface area contributed by atoms with Crippen molar-refractivity contribution >= 4 is 11.7 Å². The molecule has 0 spiro atoms. The molecule has 14 heavy (non-hydrogen) atoms. The number of anilines is 1. The van der Waals surface area contributed by atoms with Crippen LogP contribution in [0.2, 0.25) is 0 Å². The number of benzene rings is 1. The molecule has 0 saturated carbocycles. The van der Waals surface area contributed by atoms with Crippen molar-refractivity contribution in [3.63, 3.8) is 0 Å². The van der Waals surface area contributed by atoms with Gasteiger partial charge >= 0.3 is 51.4 Å². The molecule has 68 valence electrons. The molecule has 0 aliphatic carbocycles. The number of fused-ring (bicyclic) bond motifs is 1. The Morgan fingerprint density at radius 2 is 2.21 bits per heavy atom. The number of hydrogen-bond acceptors (Lipinski definition) is 3. The van der Waals surface area contributed by atoms with Crippen LogP contribution in [-0.4, -0.2) is 12.5 Å². The zero-order valence-corrected chi connectivity index (χ0v) is 11.2. The molecule has 3 nitrogen and oxygen atoms in total. The smallest absolute Gasteiger partial charge is 0.550 e. The minimum atomic E-state index is -0.983. The minimum Gasteiger partial charge on any atom is -0.550 e. The summed E-state index contributed by atoms with van der Waals surface area (Å²) < 4.78 is 0. The standard InChI is InChI=1S/C10H11NO2.K/c12-10(13)5-7-6-11-9-4-2-1-3-8(7)9;/h1-4,7,11H,5-6H2,(H,12,13);/q;+1/p-1. The summed E-state index contributed by atoms with van der Waals surface area (Å²) in [5, 5.41) is 13.6. The second kappa shape index (κ2) is 5.28. The van der Waals surface area contributed by atoms with Crippen LogP contribution in [-0.2, 0) is 4.79 Å². The number of carboxylic acids is 1. The van der Waals surface area contributed by atoms with E-state index in [1.807, 2.05) is 24.3 Å². The summed E-state index contributed by atoms with van der Waals surface area (Å²) in [4.78, 5) is 10.4. The summed E-state index contributed by atoms with van der Waals surface area (Å²) >= 11 is 0. The van der Waals surface area contributed by atoms with Gasteiger partial charge in [0.25, 0.3) is 0 Å². The summed E-state index contributed by atoms with van der Waals surface area (Å²) in [7, 11) is 0. The average molecular weight is 215 g/mol. The number of para-hydroxylation sites is 1. The van der Waals surface area contributed by atoms with Crippen molar-refractivity contribution in [1.82, 2.24) is 0 Å². The fraction of sp³-hybridized carbons (Fsp3) is 0.300. The average Bonchev–Trinajstić information content (AvgIpc) is 2.48. The van der Waals surface area contributed by atoms with Crippen molar-refractivity contribution in [1.29, 1.82) is 0 Å². The fourth-order valence-corrected chi connectivity index (χ4v) is 1.74. The Bertz CT molecular complexity index is 341. The maximum absolute atomic E-state index is 10.4. The van der Waals surface area contributed by atoms with Gasteiger partial charge in [0.05, 0.1) is 0 Å². The molecule has 1 aliphatic rings. The second-order valence-electron chi connectivity index (χ2n) is 3.24. The number of hydrogen-bond donors (Lipinski definition) is 1. The molecule has 0 aromatic heterocycles. The van der Waals surface area contributed by atoms with Crippen LogP contribution in [0.3, 0.4) is 0 Å². The number of carbonyl (C=O) groups is 1. The Morgan fingerprint density at radius 1 is 1.50 bits per heavy atom. The van der Waals surface area contributed by atoms with Crippen LogP contribution in [0.1, 0.15) is 17.9 Å². The summed E-state index contributed by atoms with van der Waals surface area (Å²) in [6, 6.07) is 7.79. The van der Waals surface area contributed by atoms with E-state index >= 15 is 0 Å². The third-order valence-electron chi connectivity index (χ3n) is 2.35. The molecular formula is C10H10KNO2. The van der Waals surface area contributed by atoms with Crippen molar-refractivity contribution in [2.24, 2.45) is 0 Å². The second-order valence-corrected chi connectivity index (χ2v) is 3.24. The molecule has 1 aromatic rings. The molecule has 2 rings (SSSR count). The van der Waals surface area contributed by atoms with E-state index in [-0.39, 0.29) is 63.7 Å². The van der Waals surface area contributed by atoms with Gasteiger partial charge in [0.1, 0.15) is 0 Å². The largest absolute Gasteiger partial charge is 1.00 e. The molecule has 0 fully saturated rings. The number of rotatable bonds is 2. The van der Waals surface area contributed by atoms with Gasteiger partial charge in [0, 0.05) is 24.1 Å². The quantitative estimate of drug-likeness (QED) is 0.548. The van der Waals surface area contributed by atoms with Gasteiger partial charge in [-0.2, -0.15) is 0 Å². The molecule has 0 saturated heterocycles. The Kier molecular flexibility index (Phi) is 4.60. The van der Waals surface area contributed by atoms with E-state index in [1.165, 1.54) is 0 Å². The molecule has 0 radical (unpaired) electrons. The predicted octanol–water partition coefficient (Wildman–Crippen LogP) is -2.66. The molecule has 0 bridgehead atoms. The van der Waals surface area contributed by atoms with E-state index in [0.717, 1.165) is 11.3 Å². The maximum Gasteiger partial charge on any atom is 1.00 e. The van der Waals surface area contributed by atoms with E-state index in [1.54, 1.807) is 0 Å². The van der Waals surface area contributed by atoms with Gasteiger partial charge in [-0.15, -0.1) is 0 Å². The summed E-state index contributed by atoms with van der Waals surface area (Å²) in [6.07, 6.45) is 0.101. The molecule has 4 heteroatoms.